The molecule has 8 rings (SSSR count). The van der Waals surface area contributed by atoms with Crippen molar-refractivity contribution in [2.45, 2.75) is 6.92 Å². The number of hydrogen-bond donors (Lipinski definition) is 0. The zero-order valence-electron chi connectivity index (χ0n) is 26.1. The SMILES string of the molecule is C=C/C=C\C1=C(C)c2cc3c(cc2P1(=O)c1ccccc1)c1ccccc1n3-c1ccc(N(c2ccccc2)c2ccccc2)cc1. The van der Waals surface area contributed by atoms with Gasteiger partial charge >= 0.3 is 0 Å². The van der Waals surface area contributed by atoms with Crippen molar-refractivity contribution in [1.29, 1.82) is 0 Å². The molecule has 1 unspecified atom stereocenters. The zero-order valence-corrected chi connectivity index (χ0v) is 27.0. The maximum Gasteiger partial charge on any atom is 0.171 e. The van der Waals surface area contributed by atoms with Gasteiger partial charge in [-0.2, -0.15) is 0 Å². The molecular formula is C43H33N2OP. The maximum atomic E-state index is 15.3. The van der Waals surface area contributed by atoms with Crippen molar-refractivity contribution < 1.29 is 4.57 Å². The fourth-order valence-electron chi connectivity index (χ4n) is 7.00. The van der Waals surface area contributed by atoms with Gasteiger partial charge < -0.3 is 14.0 Å². The zero-order chi connectivity index (χ0) is 32.0. The third-order valence-corrected chi connectivity index (χ3v) is 12.4. The molecular weight excluding hydrogens is 591 g/mol. The van der Waals surface area contributed by atoms with Crippen LogP contribution in [0.4, 0.5) is 17.1 Å². The molecule has 0 spiro atoms. The van der Waals surface area contributed by atoms with Crippen LogP contribution < -0.4 is 15.5 Å². The Morgan fingerprint density at radius 1 is 0.638 bits per heavy atom. The first-order valence-corrected chi connectivity index (χ1v) is 17.6. The van der Waals surface area contributed by atoms with Crippen LogP contribution in [0, 0.1) is 0 Å². The minimum absolute atomic E-state index is 0.849. The Morgan fingerprint density at radius 2 is 1.21 bits per heavy atom. The largest absolute Gasteiger partial charge is 0.311 e. The lowest BCUT2D eigenvalue weighted by molar-refractivity contribution is 0.591. The van der Waals surface area contributed by atoms with Crippen LogP contribution in [0.3, 0.4) is 0 Å². The van der Waals surface area contributed by atoms with E-state index in [-0.39, 0.29) is 0 Å². The van der Waals surface area contributed by atoms with Crippen molar-refractivity contribution in [3.8, 4) is 5.69 Å². The second kappa shape index (κ2) is 11.6. The molecule has 1 aliphatic rings. The van der Waals surface area contributed by atoms with Gasteiger partial charge in [-0.25, -0.2) is 0 Å². The van der Waals surface area contributed by atoms with E-state index in [1.54, 1.807) is 6.08 Å². The van der Waals surface area contributed by atoms with E-state index in [2.05, 4.69) is 132 Å². The summed E-state index contributed by atoms with van der Waals surface area (Å²) < 4.78 is 17.7. The molecule has 2 heterocycles. The molecule has 4 heteroatoms. The minimum atomic E-state index is -3.10. The van der Waals surface area contributed by atoms with Gasteiger partial charge in [-0.05, 0) is 84.8 Å². The van der Waals surface area contributed by atoms with Crippen molar-refractivity contribution >= 4 is 62.2 Å². The molecule has 7 aromatic rings. The Morgan fingerprint density at radius 3 is 1.85 bits per heavy atom. The molecule has 0 radical (unpaired) electrons. The summed E-state index contributed by atoms with van der Waals surface area (Å²) in [4.78, 5) is 2.27. The highest BCUT2D eigenvalue weighted by Gasteiger charge is 2.40. The Hall–Kier alpha value is -5.63. The number of para-hydroxylation sites is 3. The molecule has 47 heavy (non-hydrogen) atoms. The molecule has 0 bridgehead atoms. The lowest BCUT2D eigenvalue weighted by Crippen LogP contribution is -2.15. The summed E-state index contributed by atoms with van der Waals surface area (Å²) in [5.74, 6) is 0. The van der Waals surface area contributed by atoms with E-state index in [1.807, 2.05) is 54.6 Å². The van der Waals surface area contributed by atoms with Gasteiger partial charge in [-0.1, -0.05) is 110 Å². The molecule has 6 aromatic carbocycles. The van der Waals surface area contributed by atoms with E-state index >= 15 is 4.57 Å². The lowest BCUT2D eigenvalue weighted by Gasteiger charge is -2.25. The van der Waals surface area contributed by atoms with Crippen LogP contribution in [-0.2, 0) is 4.57 Å². The minimum Gasteiger partial charge on any atom is -0.311 e. The third-order valence-electron chi connectivity index (χ3n) is 9.16. The van der Waals surface area contributed by atoms with Crippen molar-refractivity contribution in [3.63, 3.8) is 0 Å². The number of aromatic nitrogens is 1. The van der Waals surface area contributed by atoms with Gasteiger partial charge in [0.15, 0.2) is 7.14 Å². The number of benzene rings is 6. The topological polar surface area (TPSA) is 25.2 Å². The maximum absolute atomic E-state index is 15.3. The summed E-state index contributed by atoms with van der Waals surface area (Å²) >= 11 is 0. The predicted molar refractivity (Wildman–Crippen MR) is 201 cm³/mol. The number of nitrogens with zero attached hydrogens (tertiary/aromatic N) is 2. The van der Waals surface area contributed by atoms with Crippen LogP contribution in [0.5, 0.6) is 0 Å². The fraction of sp³-hybridized carbons (Fsp3) is 0.0233. The van der Waals surface area contributed by atoms with Crippen molar-refractivity contribution in [2.24, 2.45) is 0 Å². The van der Waals surface area contributed by atoms with Crippen molar-refractivity contribution in [3.05, 3.63) is 187 Å². The van der Waals surface area contributed by atoms with Crippen molar-refractivity contribution in [2.75, 3.05) is 4.90 Å². The summed E-state index contributed by atoms with van der Waals surface area (Å²) in [5.41, 5.74) is 8.63. The van der Waals surface area contributed by atoms with Crippen molar-refractivity contribution in [1.82, 2.24) is 4.57 Å². The molecule has 3 nitrogen and oxygen atoms in total. The Balaban J connectivity index is 1.33. The summed E-state index contributed by atoms with van der Waals surface area (Å²) in [6.07, 6.45) is 5.62. The van der Waals surface area contributed by atoms with Gasteiger partial charge in [0.2, 0.25) is 0 Å². The lowest BCUT2D eigenvalue weighted by atomic mass is 10.0. The first-order chi connectivity index (χ1) is 23.1. The van der Waals surface area contributed by atoms with E-state index in [0.29, 0.717) is 0 Å². The van der Waals surface area contributed by atoms with Gasteiger partial charge in [0.05, 0.1) is 11.0 Å². The fourth-order valence-corrected chi connectivity index (χ4v) is 10.2. The van der Waals surface area contributed by atoms with Crippen LogP contribution in [-0.4, -0.2) is 4.57 Å². The summed E-state index contributed by atoms with van der Waals surface area (Å²) in [6.45, 7) is 5.97. The molecule has 0 saturated heterocycles. The molecule has 1 atom stereocenters. The molecule has 0 aliphatic carbocycles. The van der Waals surface area contributed by atoms with E-state index in [9.17, 15) is 0 Å². The van der Waals surface area contributed by atoms with E-state index in [1.165, 1.54) is 0 Å². The summed E-state index contributed by atoms with van der Waals surface area (Å²) in [7, 11) is -3.10. The van der Waals surface area contributed by atoms with Crippen LogP contribution in [0.25, 0.3) is 33.1 Å². The monoisotopic (exact) mass is 624 g/mol. The normalized spacial score (nSPS) is 15.9. The Labute approximate surface area is 275 Å². The van der Waals surface area contributed by atoms with E-state index in [0.717, 1.165) is 71.6 Å². The second-order valence-corrected chi connectivity index (χ2v) is 14.5. The second-order valence-electron chi connectivity index (χ2n) is 11.8. The smallest absolute Gasteiger partial charge is 0.171 e. The molecule has 0 saturated carbocycles. The molecule has 0 fully saturated rings. The highest BCUT2D eigenvalue weighted by molar-refractivity contribution is 7.83. The summed E-state index contributed by atoms with van der Waals surface area (Å²) in [5, 5.41) is 4.85. The highest BCUT2D eigenvalue weighted by atomic mass is 31.2. The molecule has 1 aliphatic heterocycles. The summed E-state index contributed by atoms with van der Waals surface area (Å²) in [6, 6.07) is 52.6. The third kappa shape index (κ3) is 4.62. The average molecular weight is 625 g/mol. The Kier molecular flexibility index (Phi) is 7.13. The van der Waals surface area contributed by atoms with Crippen LogP contribution >= 0.6 is 7.14 Å². The molecule has 0 amide bonds. The van der Waals surface area contributed by atoms with Crippen LogP contribution in [0.15, 0.2) is 182 Å². The van der Waals surface area contributed by atoms with Gasteiger partial charge in [0.1, 0.15) is 0 Å². The average Bonchev–Trinajstić information content (AvgIpc) is 3.56. The number of allylic oxidation sites excluding steroid dienone is 5. The van der Waals surface area contributed by atoms with Gasteiger partial charge in [-0.3, -0.25) is 0 Å². The first-order valence-electron chi connectivity index (χ1n) is 15.8. The molecule has 1 aromatic heterocycles. The number of rotatable bonds is 7. The quantitative estimate of drug-likeness (QED) is 0.130. The highest BCUT2D eigenvalue weighted by Crippen LogP contribution is 2.61. The number of anilines is 3. The van der Waals surface area contributed by atoms with Crippen LogP contribution in [0.1, 0.15) is 12.5 Å². The number of fused-ring (bicyclic) bond motifs is 4. The van der Waals surface area contributed by atoms with E-state index in [4.69, 9.17) is 0 Å². The predicted octanol–water partition coefficient (Wildman–Crippen LogP) is 11.1. The van der Waals surface area contributed by atoms with Gasteiger partial charge in [0, 0.05) is 49.4 Å². The van der Waals surface area contributed by atoms with Gasteiger partial charge in [-0.15, -0.1) is 0 Å². The number of hydrogen-bond acceptors (Lipinski definition) is 2. The Bertz CT molecular complexity index is 2350. The molecule has 0 N–H and O–H groups in total. The van der Waals surface area contributed by atoms with Gasteiger partial charge in [0.25, 0.3) is 0 Å². The van der Waals surface area contributed by atoms with E-state index < -0.39 is 7.14 Å². The molecule has 226 valence electrons. The van der Waals surface area contributed by atoms with Crippen LogP contribution in [0.2, 0.25) is 0 Å². The standard InChI is InChI=1S/C43H33N2OP/c1-3-4-24-42-31(2)38-29-41-39(30-43(38)47(42,46)36-20-12-7-13-21-36)37-22-14-15-23-40(37)45(41)35-27-25-34(26-28-35)44(32-16-8-5-9-17-32)33-18-10-6-11-19-33/h3-30H,1H2,2H3/b24-4-. The first kappa shape index (κ1) is 28.8.